The Labute approximate surface area is 144 Å². The van der Waals surface area contributed by atoms with E-state index in [9.17, 15) is 0 Å². The van der Waals surface area contributed by atoms with Crippen LogP contribution in [0, 0.1) is 0 Å². The number of benzene rings is 1. The predicted molar refractivity (Wildman–Crippen MR) is 92.6 cm³/mol. The number of nitrogens with one attached hydrogen (secondary N) is 1. The molecule has 6 heteroatoms. The van der Waals surface area contributed by atoms with Gasteiger partial charge in [-0.3, -0.25) is 0 Å². The first-order chi connectivity index (χ1) is 9.97. The van der Waals surface area contributed by atoms with Crippen LogP contribution in [0.15, 0.2) is 27.2 Å². The van der Waals surface area contributed by atoms with Crippen LogP contribution in [0.3, 0.4) is 0 Å². The van der Waals surface area contributed by atoms with E-state index in [1.165, 1.54) is 5.54 Å². The third-order valence-corrected chi connectivity index (χ3v) is 3.74. The van der Waals surface area contributed by atoms with Gasteiger partial charge < -0.3 is 14.8 Å². The first-order valence-corrected chi connectivity index (χ1v) is 8.34. The molecule has 118 valence electrons. The maximum absolute atomic E-state index is 5.85. The zero-order valence-corrected chi connectivity index (χ0v) is 15.5. The van der Waals surface area contributed by atoms with Crippen LogP contribution in [0.4, 0.5) is 0 Å². The predicted octanol–water partition coefficient (Wildman–Crippen LogP) is 5.04. The van der Waals surface area contributed by atoms with Gasteiger partial charge in [0.2, 0.25) is 0 Å². The summed E-state index contributed by atoms with van der Waals surface area (Å²) in [4.78, 5) is 0. The summed E-state index contributed by atoms with van der Waals surface area (Å²) in [5.74, 6) is 1.31. The lowest BCUT2D eigenvalue weighted by Gasteiger charge is -2.16. The molecule has 0 bridgehead atoms. The van der Waals surface area contributed by atoms with Crippen LogP contribution in [-0.4, -0.2) is 19.3 Å². The van der Waals surface area contributed by atoms with E-state index in [1.54, 1.807) is 0 Å². The second kappa shape index (κ2) is 9.57. The van der Waals surface area contributed by atoms with E-state index in [-0.39, 0.29) is 6.61 Å². The Morgan fingerprint density at radius 3 is 2.67 bits per heavy atom. The smallest absolute Gasteiger partial charge is 0.175 e. The van der Waals surface area contributed by atoms with Crippen LogP contribution in [-0.2, 0) is 6.54 Å². The maximum atomic E-state index is 5.85. The number of ether oxygens (including phenoxy) is 2. The Morgan fingerprint density at radius 2 is 2.10 bits per heavy atom. The van der Waals surface area contributed by atoms with Crippen LogP contribution >= 0.6 is 39.1 Å². The molecule has 0 saturated heterocycles. The zero-order valence-electron chi connectivity index (χ0n) is 12.4. The van der Waals surface area contributed by atoms with E-state index in [1.807, 2.05) is 19.1 Å². The highest BCUT2D eigenvalue weighted by Crippen LogP contribution is 2.37. The van der Waals surface area contributed by atoms with Crippen molar-refractivity contribution >= 4 is 39.1 Å². The van der Waals surface area contributed by atoms with Crippen LogP contribution in [0.25, 0.3) is 0 Å². The van der Waals surface area contributed by atoms with E-state index in [2.05, 4.69) is 35.1 Å². The summed E-state index contributed by atoms with van der Waals surface area (Å²) in [6.07, 6.45) is 0. The third kappa shape index (κ3) is 6.47. The van der Waals surface area contributed by atoms with Gasteiger partial charge in [-0.25, -0.2) is 0 Å². The van der Waals surface area contributed by atoms with Crippen molar-refractivity contribution in [2.24, 2.45) is 0 Å². The van der Waals surface area contributed by atoms with Gasteiger partial charge in [0.25, 0.3) is 0 Å². The topological polar surface area (TPSA) is 30.5 Å². The molecule has 0 spiro atoms. The molecule has 1 aromatic carbocycles. The Kier molecular flexibility index (Phi) is 8.49. The fourth-order valence-electron chi connectivity index (χ4n) is 1.62. The Hall–Kier alpha value is -0.420. The first-order valence-electron chi connectivity index (χ1n) is 6.74. The molecule has 0 fully saturated rings. The van der Waals surface area contributed by atoms with E-state index >= 15 is 0 Å². The summed E-state index contributed by atoms with van der Waals surface area (Å²) in [7, 11) is 0. The minimum atomic E-state index is 0.202. The molecule has 0 unspecified atom stereocenters. The van der Waals surface area contributed by atoms with Gasteiger partial charge in [-0.15, -0.1) is 0 Å². The zero-order chi connectivity index (χ0) is 15.8. The average molecular weight is 397 g/mol. The molecule has 0 radical (unpaired) electrons. The molecule has 0 saturated carbocycles. The number of rotatable bonds is 8. The summed E-state index contributed by atoms with van der Waals surface area (Å²) >= 11 is 14.9. The van der Waals surface area contributed by atoms with Crippen LogP contribution in [0.1, 0.15) is 26.3 Å². The minimum Gasteiger partial charge on any atom is -0.490 e. The first kappa shape index (κ1) is 18.6. The van der Waals surface area contributed by atoms with Gasteiger partial charge in [0.1, 0.15) is 6.61 Å². The van der Waals surface area contributed by atoms with E-state index in [4.69, 9.17) is 32.7 Å². The highest BCUT2D eigenvalue weighted by atomic mass is 79.9. The summed E-state index contributed by atoms with van der Waals surface area (Å²) in [6, 6.07) is 4.39. The van der Waals surface area contributed by atoms with Gasteiger partial charge in [0, 0.05) is 18.1 Å². The van der Waals surface area contributed by atoms with E-state index in [0.717, 1.165) is 16.6 Å². The second-order valence-electron chi connectivity index (χ2n) is 4.72. The molecular formula is C15H20BrCl2NO2. The van der Waals surface area contributed by atoms with Crippen molar-refractivity contribution in [1.29, 1.82) is 0 Å². The van der Waals surface area contributed by atoms with Crippen LogP contribution < -0.4 is 14.8 Å². The molecule has 0 aromatic heterocycles. The largest absolute Gasteiger partial charge is 0.490 e. The van der Waals surface area contributed by atoms with E-state index in [0.29, 0.717) is 29.2 Å². The van der Waals surface area contributed by atoms with Crippen molar-refractivity contribution in [1.82, 2.24) is 5.32 Å². The van der Waals surface area contributed by atoms with Crippen molar-refractivity contribution in [3.05, 3.63) is 32.7 Å². The van der Waals surface area contributed by atoms with Gasteiger partial charge in [0.05, 0.1) is 16.1 Å². The molecule has 0 heterocycles. The molecule has 0 aliphatic rings. The van der Waals surface area contributed by atoms with Crippen molar-refractivity contribution in [3.63, 3.8) is 0 Å². The summed E-state index contributed by atoms with van der Waals surface area (Å²) < 4.78 is 12.2. The molecule has 0 amide bonds. The lowest BCUT2D eigenvalue weighted by atomic mass is 10.2. The summed E-state index contributed by atoms with van der Waals surface area (Å²) in [5, 5.41) is 3.80. The third-order valence-electron chi connectivity index (χ3n) is 2.56. The van der Waals surface area contributed by atoms with Gasteiger partial charge in [0.15, 0.2) is 11.5 Å². The molecule has 1 aromatic rings. The molecule has 0 atom stereocenters. The molecule has 21 heavy (non-hydrogen) atoms. The van der Waals surface area contributed by atoms with Gasteiger partial charge in [-0.2, -0.15) is 0 Å². The fourth-order valence-corrected chi connectivity index (χ4v) is 2.34. The van der Waals surface area contributed by atoms with Gasteiger partial charge in [-0.05, 0) is 40.5 Å². The Morgan fingerprint density at radius 1 is 1.38 bits per heavy atom. The average Bonchev–Trinajstić information content (AvgIpc) is 2.44. The minimum absolute atomic E-state index is 0.202. The van der Waals surface area contributed by atoms with Crippen molar-refractivity contribution in [2.45, 2.75) is 33.4 Å². The molecule has 1 rings (SSSR count). The fraction of sp³-hybridized carbons (Fsp3) is 0.467. The second-order valence-corrected chi connectivity index (χ2v) is 6.28. The van der Waals surface area contributed by atoms with Crippen LogP contribution in [0.5, 0.6) is 11.5 Å². The Bertz CT molecular complexity index is 493. The van der Waals surface area contributed by atoms with E-state index < -0.39 is 0 Å². The highest BCUT2D eigenvalue weighted by Gasteiger charge is 2.13. The molecule has 0 aliphatic heterocycles. The standard InChI is InChI=1S/C15H20BrCl2NO2/c1-4-20-14-6-11(8-19-10(2)3)5-13(16)15(14)21-9-12(18)7-17/h5-7,10,19H,4,8-9H2,1-3H3. The number of hydrogen-bond acceptors (Lipinski definition) is 3. The maximum Gasteiger partial charge on any atom is 0.175 e. The summed E-state index contributed by atoms with van der Waals surface area (Å²) in [6.45, 7) is 7.67. The van der Waals surface area contributed by atoms with Gasteiger partial charge in [-0.1, -0.05) is 37.0 Å². The normalized spacial score (nSPS) is 11.9. The Balaban J connectivity index is 2.95. The lowest BCUT2D eigenvalue weighted by Crippen LogP contribution is -2.21. The quantitative estimate of drug-likeness (QED) is 0.667. The number of halogens is 3. The monoisotopic (exact) mass is 395 g/mol. The SMILES string of the molecule is CCOc1cc(CNC(C)C)cc(Br)c1OCC(Cl)=CCl. The molecule has 1 N–H and O–H groups in total. The van der Waals surface area contributed by atoms with Crippen molar-refractivity contribution < 1.29 is 9.47 Å². The molecular weight excluding hydrogens is 377 g/mol. The molecule has 0 aliphatic carbocycles. The lowest BCUT2D eigenvalue weighted by molar-refractivity contribution is 0.293. The van der Waals surface area contributed by atoms with Crippen molar-refractivity contribution in [3.8, 4) is 11.5 Å². The number of hydrogen-bond donors (Lipinski definition) is 1. The molecule has 3 nitrogen and oxygen atoms in total. The van der Waals surface area contributed by atoms with Gasteiger partial charge >= 0.3 is 0 Å². The highest BCUT2D eigenvalue weighted by molar-refractivity contribution is 9.10. The van der Waals surface area contributed by atoms with Crippen LogP contribution in [0.2, 0.25) is 0 Å². The van der Waals surface area contributed by atoms with Crippen molar-refractivity contribution in [2.75, 3.05) is 13.2 Å². The summed E-state index contributed by atoms with van der Waals surface area (Å²) in [5.41, 5.74) is 2.40.